The Morgan fingerprint density at radius 3 is 2.79 bits per heavy atom. The fourth-order valence-electron chi connectivity index (χ4n) is 1.95. The van der Waals surface area contributed by atoms with Crippen molar-refractivity contribution in [2.45, 2.75) is 19.4 Å². The Morgan fingerprint density at radius 1 is 1.37 bits per heavy atom. The fraction of sp³-hybridized carbons (Fsp3) is 0.333. The number of aromatic nitrogens is 2. The van der Waals surface area contributed by atoms with Crippen LogP contribution in [0.3, 0.4) is 0 Å². The highest BCUT2D eigenvalue weighted by Crippen LogP contribution is 2.12. The van der Waals surface area contributed by atoms with Crippen molar-refractivity contribution in [3.05, 3.63) is 53.9 Å². The van der Waals surface area contributed by atoms with Crippen LogP contribution in [0.4, 0.5) is 0 Å². The number of hydrogen-bond donors (Lipinski definition) is 1. The number of nitriles is 1. The third-order valence-corrected chi connectivity index (χ3v) is 2.99. The van der Waals surface area contributed by atoms with Gasteiger partial charge in [-0.2, -0.15) is 10.4 Å². The lowest BCUT2D eigenvalue weighted by atomic mass is 10.0. The van der Waals surface area contributed by atoms with E-state index in [4.69, 9.17) is 0 Å². The Hall–Kier alpha value is -2.12. The quantitative estimate of drug-likeness (QED) is 0.803. The van der Waals surface area contributed by atoms with Gasteiger partial charge in [-0.1, -0.05) is 30.3 Å². The number of nitrogens with one attached hydrogen (secondary N) is 1. The zero-order valence-corrected chi connectivity index (χ0v) is 11.1. The Bertz CT molecular complexity index is 539. The lowest BCUT2D eigenvalue weighted by molar-refractivity contribution is 0.547. The minimum absolute atomic E-state index is 0.0967. The van der Waals surface area contributed by atoms with Crippen molar-refractivity contribution >= 4 is 0 Å². The SMILES string of the molecule is Cc1cnn(CCNCC(C#N)c2ccccc2)c1. The van der Waals surface area contributed by atoms with Gasteiger partial charge >= 0.3 is 0 Å². The average Bonchev–Trinajstić information content (AvgIpc) is 2.86. The zero-order chi connectivity index (χ0) is 13.5. The molecule has 0 amide bonds. The first kappa shape index (κ1) is 13.3. The maximum absolute atomic E-state index is 9.19. The number of rotatable bonds is 6. The summed E-state index contributed by atoms with van der Waals surface area (Å²) in [6.45, 7) is 4.33. The molecule has 0 spiro atoms. The van der Waals surface area contributed by atoms with Gasteiger partial charge in [0.05, 0.1) is 24.7 Å². The van der Waals surface area contributed by atoms with E-state index in [1.165, 1.54) is 5.56 Å². The van der Waals surface area contributed by atoms with E-state index in [1.54, 1.807) is 0 Å². The van der Waals surface area contributed by atoms with E-state index >= 15 is 0 Å². The second-order valence-corrected chi connectivity index (χ2v) is 4.58. The molecule has 0 radical (unpaired) electrons. The van der Waals surface area contributed by atoms with Crippen molar-refractivity contribution in [1.82, 2.24) is 15.1 Å². The molecule has 4 heteroatoms. The molecular formula is C15H18N4. The molecule has 19 heavy (non-hydrogen) atoms. The van der Waals surface area contributed by atoms with Crippen molar-refractivity contribution in [2.24, 2.45) is 0 Å². The predicted octanol–water partition coefficient (Wildman–Crippen LogP) is 2.09. The van der Waals surface area contributed by atoms with Gasteiger partial charge in [-0.25, -0.2) is 0 Å². The van der Waals surface area contributed by atoms with Gasteiger partial charge in [0.1, 0.15) is 0 Å². The van der Waals surface area contributed by atoms with Gasteiger partial charge in [-0.3, -0.25) is 4.68 Å². The number of hydrogen-bond acceptors (Lipinski definition) is 3. The molecule has 1 atom stereocenters. The largest absolute Gasteiger partial charge is 0.313 e. The van der Waals surface area contributed by atoms with Gasteiger partial charge in [0.2, 0.25) is 0 Å². The summed E-state index contributed by atoms with van der Waals surface area (Å²) in [7, 11) is 0. The minimum Gasteiger partial charge on any atom is -0.313 e. The molecular weight excluding hydrogens is 236 g/mol. The molecule has 1 unspecified atom stereocenters. The van der Waals surface area contributed by atoms with Gasteiger partial charge in [0.25, 0.3) is 0 Å². The van der Waals surface area contributed by atoms with Crippen molar-refractivity contribution in [1.29, 1.82) is 5.26 Å². The summed E-state index contributed by atoms with van der Waals surface area (Å²) in [4.78, 5) is 0. The van der Waals surface area contributed by atoms with E-state index in [2.05, 4.69) is 16.5 Å². The summed E-state index contributed by atoms with van der Waals surface area (Å²) in [6, 6.07) is 12.2. The van der Waals surface area contributed by atoms with Gasteiger partial charge in [-0.05, 0) is 18.1 Å². The van der Waals surface area contributed by atoms with Gasteiger partial charge < -0.3 is 5.32 Å². The second-order valence-electron chi connectivity index (χ2n) is 4.58. The Labute approximate surface area is 113 Å². The normalized spacial score (nSPS) is 12.0. The Balaban J connectivity index is 1.77. The van der Waals surface area contributed by atoms with Crippen LogP contribution in [-0.4, -0.2) is 22.9 Å². The minimum atomic E-state index is -0.0967. The van der Waals surface area contributed by atoms with Crippen LogP contribution in [0.5, 0.6) is 0 Å². The van der Waals surface area contributed by atoms with Crippen molar-refractivity contribution in [2.75, 3.05) is 13.1 Å². The summed E-state index contributed by atoms with van der Waals surface area (Å²) in [5.74, 6) is -0.0967. The smallest absolute Gasteiger partial charge is 0.0837 e. The van der Waals surface area contributed by atoms with Crippen LogP contribution in [0.15, 0.2) is 42.7 Å². The first-order valence-corrected chi connectivity index (χ1v) is 6.44. The zero-order valence-electron chi connectivity index (χ0n) is 11.1. The second kappa shape index (κ2) is 6.72. The van der Waals surface area contributed by atoms with Crippen molar-refractivity contribution in [3.8, 4) is 6.07 Å². The van der Waals surface area contributed by atoms with Gasteiger partial charge in [-0.15, -0.1) is 0 Å². The van der Waals surface area contributed by atoms with E-state index in [1.807, 2.05) is 54.3 Å². The summed E-state index contributed by atoms with van der Waals surface area (Å²) in [5.41, 5.74) is 2.23. The Kier molecular flexibility index (Phi) is 4.71. The molecule has 98 valence electrons. The third kappa shape index (κ3) is 3.94. The maximum Gasteiger partial charge on any atom is 0.0837 e. The van der Waals surface area contributed by atoms with Crippen LogP contribution >= 0.6 is 0 Å². The molecule has 2 aromatic rings. The van der Waals surface area contributed by atoms with Crippen LogP contribution in [0, 0.1) is 18.3 Å². The predicted molar refractivity (Wildman–Crippen MR) is 74.6 cm³/mol. The monoisotopic (exact) mass is 254 g/mol. The van der Waals surface area contributed by atoms with Gasteiger partial charge in [0, 0.05) is 19.3 Å². The van der Waals surface area contributed by atoms with E-state index in [-0.39, 0.29) is 5.92 Å². The number of nitrogens with zero attached hydrogens (tertiary/aromatic N) is 3. The Morgan fingerprint density at radius 2 is 2.16 bits per heavy atom. The number of aryl methyl sites for hydroxylation is 1. The third-order valence-electron chi connectivity index (χ3n) is 2.99. The van der Waals surface area contributed by atoms with Gasteiger partial charge in [0.15, 0.2) is 0 Å². The molecule has 0 bridgehead atoms. The van der Waals surface area contributed by atoms with Crippen molar-refractivity contribution in [3.63, 3.8) is 0 Å². The lowest BCUT2D eigenvalue weighted by Crippen LogP contribution is -2.25. The highest BCUT2D eigenvalue weighted by molar-refractivity contribution is 5.24. The first-order valence-electron chi connectivity index (χ1n) is 6.44. The van der Waals surface area contributed by atoms with E-state index in [0.717, 1.165) is 18.7 Å². The standard InChI is InChI=1S/C15H18N4/c1-13-10-18-19(12-13)8-7-17-11-15(9-16)14-5-3-2-4-6-14/h2-6,10,12,15,17H,7-8,11H2,1H3. The van der Waals surface area contributed by atoms with Crippen LogP contribution < -0.4 is 5.32 Å². The van der Waals surface area contributed by atoms with E-state index in [0.29, 0.717) is 6.54 Å². The average molecular weight is 254 g/mol. The first-order chi connectivity index (χ1) is 9.29. The molecule has 0 aliphatic carbocycles. The molecule has 2 rings (SSSR count). The molecule has 1 aromatic heterocycles. The lowest BCUT2D eigenvalue weighted by Gasteiger charge is -2.10. The van der Waals surface area contributed by atoms with E-state index < -0.39 is 0 Å². The van der Waals surface area contributed by atoms with Crippen LogP contribution in [0.25, 0.3) is 0 Å². The maximum atomic E-state index is 9.19. The molecule has 1 N–H and O–H groups in total. The topological polar surface area (TPSA) is 53.6 Å². The fourth-order valence-corrected chi connectivity index (χ4v) is 1.95. The molecule has 0 aliphatic rings. The highest BCUT2D eigenvalue weighted by Gasteiger charge is 2.08. The van der Waals surface area contributed by atoms with Crippen LogP contribution in [0.1, 0.15) is 17.0 Å². The number of benzene rings is 1. The molecule has 1 heterocycles. The summed E-state index contributed by atoms with van der Waals surface area (Å²) >= 11 is 0. The molecule has 0 aliphatic heterocycles. The van der Waals surface area contributed by atoms with Crippen molar-refractivity contribution < 1.29 is 0 Å². The van der Waals surface area contributed by atoms with Crippen LogP contribution in [0.2, 0.25) is 0 Å². The summed E-state index contributed by atoms with van der Waals surface area (Å²) in [6.07, 6.45) is 3.86. The molecule has 0 saturated heterocycles. The summed E-state index contributed by atoms with van der Waals surface area (Å²) < 4.78 is 1.91. The van der Waals surface area contributed by atoms with E-state index in [9.17, 15) is 5.26 Å². The highest BCUT2D eigenvalue weighted by atomic mass is 15.3. The molecule has 4 nitrogen and oxygen atoms in total. The molecule has 0 fully saturated rings. The molecule has 1 aromatic carbocycles. The molecule has 0 saturated carbocycles. The van der Waals surface area contributed by atoms with Crippen LogP contribution in [-0.2, 0) is 6.54 Å². The summed E-state index contributed by atoms with van der Waals surface area (Å²) in [5, 5.41) is 16.7.